The number of benzene rings is 2. The van der Waals surface area contributed by atoms with Gasteiger partial charge in [-0.1, -0.05) is 18.2 Å². The zero-order valence-electron chi connectivity index (χ0n) is 12.3. The average Bonchev–Trinajstić information content (AvgIpc) is 2.86. The maximum atomic E-state index is 11.9. The Kier molecular flexibility index (Phi) is 3.97. The lowest BCUT2D eigenvalue weighted by molar-refractivity contribution is 0.0718. The second kappa shape index (κ2) is 5.80. The number of carbonyl (C=O) groups excluding carboxylic acids is 1. The molecule has 1 N–H and O–H groups in total. The van der Waals surface area contributed by atoms with Gasteiger partial charge in [0.05, 0.1) is 13.2 Å². The van der Waals surface area contributed by atoms with Crippen LogP contribution in [0.4, 0.5) is 10.5 Å². The van der Waals surface area contributed by atoms with Crippen LogP contribution < -0.4 is 4.90 Å². The largest absolute Gasteiger partial charge is 0.441 e. The van der Waals surface area contributed by atoms with Crippen LogP contribution in [0.2, 0.25) is 0 Å². The van der Waals surface area contributed by atoms with Crippen LogP contribution in [0.5, 0.6) is 0 Å². The first-order valence-electron chi connectivity index (χ1n) is 6.87. The predicted octanol–water partition coefficient (Wildman–Crippen LogP) is 2.06. The van der Waals surface area contributed by atoms with Gasteiger partial charge >= 0.3 is 6.09 Å². The van der Waals surface area contributed by atoms with Gasteiger partial charge in [-0.05, 0) is 23.6 Å². The van der Waals surface area contributed by atoms with Gasteiger partial charge in [0, 0.05) is 18.2 Å². The first-order valence-corrected chi connectivity index (χ1v) is 8.31. The van der Waals surface area contributed by atoms with Gasteiger partial charge in [-0.3, -0.25) is 9.45 Å². The number of nitrogens with zero attached hydrogens (tertiary/aromatic N) is 1. The average molecular weight is 337 g/mol. The molecule has 1 heterocycles. The molecule has 0 bridgehead atoms. The number of fused-ring (bicyclic) bond motifs is 1. The molecule has 0 radical (unpaired) electrons. The van der Waals surface area contributed by atoms with Gasteiger partial charge in [0.1, 0.15) is 11.0 Å². The molecule has 0 spiro atoms. The third kappa shape index (κ3) is 3.00. The Morgan fingerprint density at radius 2 is 2.13 bits per heavy atom. The molecule has 1 amide bonds. The Bertz CT molecular complexity index is 863. The van der Waals surface area contributed by atoms with Gasteiger partial charge in [-0.2, -0.15) is 8.42 Å². The van der Waals surface area contributed by atoms with Gasteiger partial charge < -0.3 is 9.47 Å². The van der Waals surface area contributed by atoms with Crippen molar-refractivity contribution in [1.29, 1.82) is 0 Å². The van der Waals surface area contributed by atoms with E-state index in [1.807, 2.05) is 0 Å². The third-order valence-electron chi connectivity index (χ3n) is 3.64. The van der Waals surface area contributed by atoms with Gasteiger partial charge in [0.25, 0.3) is 10.1 Å². The van der Waals surface area contributed by atoms with Crippen molar-refractivity contribution in [2.45, 2.75) is 11.0 Å². The van der Waals surface area contributed by atoms with Crippen molar-refractivity contribution in [3.05, 3.63) is 36.4 Å². The molecule has 1 saturated heterocycles. The second-order valence-corrected chi connectivity index (χ2v) is 6.60. The summed E-state index contributed by atoms with van der Waals surface area (Å²) in [5, 5.41) is 0.986. The molecule has 1 aliphatic heterocycles. The lowest BCUT2D eigenvalue weighted by atomic mass is 10.1. The Labute approximate surface area is 133 Å². The number of cyclic esters (lactones) is 1. The molecule has 1 fully saturated rings. The molecule has 7 nitrogen and oxygen atoms in total. The molecule has 3 rings (SSSR count). The first-order chi connectivity index (χ1) is 10.9. The summed E-state index contributed by atoms with van der Waals surface area (Å²) in [6.45, 7) is 0.666. The van der Waals surface area contributed by atoms with Crippen LogP contribution in [0.15, 0.2) is 41.3 Å². The fraction of sp³-hybridized carbons (Fsp3) is 0.267. The van der Waals surface area contributed by atoms with E-state index in [0.29, 0.717) is 29.6 Å². The maximum Gasteiger partial charge on any atom is 0.414 e. The van der Waals surface area contributed by atoms with E-state index in [-0.39, 0.29) is 11.0 Å². The van der Waals surface area contributed by atoms with Crippen LogP contribution in [0, 0.1) is 0 Å². The van der Waals surface area contributed by atoms with E-state index < -0.39 is 16.2 Å². The summed E-state index contributed by atoms with van der Waals surface area (Å²) in [6.07, 6.45) is -0.815. The van der Waals surface area contributed by atoms with E-state index in [2.05, 4.69) is 0 Å². The Morgan fingerprint density at radius 3 is 2.83 bits per heavy atom. The summed E-state index contributed by atoms with van der Waals surface area (Å²) < 4.78 is 42.3. The fourth-order valence-electron chi connectivity index (χ4n) is 2.64. The minimum Gasteiger partial charge on any atom is -0.441 e. The van der Waals surface area contributed by atoms with Crippen molar-refractivity contribution in [2.24, 2.45) is 0 Å². The van der Waals surface area contributed by atoms with Crippen LogP contribution in [-0.2, 0) is 19.6 Å². The maximum absolute atomic E-state index is 11.9. The molecule has 0 aliphatic carbocycles. The molecule has 2 aromatic rings. The van der Waals surface area contributed by atoms with Crippen molar-refractivity contribution in [3.8, 4) is 0 Å². The minimum absolute atomic E-state index is 0.164. The molecule has 0 saturated carbocycles. The number of hydrogen-bond donors (Lipinski definition) is 1. The minimum atomic E-state index is -4.31. The molecule has 23 heavy (non-hydrogen) atoms. The van der Waals surface area contributed by atoms with Crippen LogP contribution in [0.25, 0.3) is 10.8 Å². The number of hydrogen-bond acceptors (Lipinski definition) is 5. The summed E-state index contributed by atoms with van der Waals surface area (Å²) in [5.41, 5.74) is 0.591. The topological polar surface area (TPSA) is 93.1 Å². The zero-order valence-corrected chi connectivity index (χ0v) is 13.1. The molecule has 2 aromatic carbocycles. The molecule has 0 aromatic heterocycles. The fourth-order valence-corrected chi connectivity index (χ4v) is 3.35. The van der Waals surface area contributed by atoms with Crippen molar-refractivity contribution in [2.75, 3.05) is 25.2 Å². The van der Waals surface area contributed by atoms with Crippen molar-refractivity contribution in [3.63, 3.8) is 0 Å². The number of rotatable bonds is 4. The van der Waals surface area contributed by atoms with E-state index in [0.717, 1.165) is 0 Å². The van der Waals surface area contributed by atoms with Gasteiger partial charge in [0.15, 0.2) is 0 Å². The Morgan fingerprint density at radius 1 is 1.35 bits per heavy atom. The van der Waals surface area contributed by atoms with E-state index in [4.69, 9.17) is 9.47 Å². The standard InChI is InChI=1S/C15H15NO6S/c1-21-9-12-8-16(15(17)22-12)11-5-6-13-10(7-11)3-2-4-14(13)23(18,19)20/h2-7,12H,8-9H2,1H3,(H,18,19,20). The normalized spacial score (nSPS) is 18.4. The summed E-state index contributed by atoms with van der Waals surface area (Å²) in [5.74, 6) is 0. The molecule has 1 atom stereocenters. The van der Waals surface area contributed by atoms with E-state index in [1.165, 1.54) is 24.1 Å². The molecular formula is C15H15NO6S. The van der Waals surface area contributed by atoms with Gasteiger partial charge in [0.2, 0.25) is 0 Å². The zero-order chi connectivity index (χ0) is 16.6. The summed E-state index contributed by atoms with van der Waals surface area (Å²) >= 11 is 0. The molecule has 8 heteroatoms. The van der Waals surface area contributed by atoms with E-state index in [1.54, 1.807) is 24.3 Å². The molecule has 1 unspecified atom stereocenters. The third-order valence-corrected chi connectivity index (χ3v) is 4.55. The Balaban J connectivity index is 2.00. The van der Waals surface area contributed by atoms with E-state index in [9.17, 15) is 17.8 Å². The van der Waals surface area contributed by atoms with Crippen LogP contribution in [0.3, 0.4) is 0 Å². The van der Waals surface area contributed by atoms with Crippen LogP contribution in [-0.4, -0.2) is 45.4 Å². The highest BCUT2D eigenvalue weighted by Gasteiger charge is 2.32. The second-order valence-electron chi connectivity index (χ2n) is 5.21. The molecule has 122 valence electrons. The van der Waals surface area contributed by atoms with E-state index >= 15 is 0 Å². The number of carbonyl (C=O) groups is 1. The number of amides is 1. The highest BCUT2D eigenvalue weighted by Crippen LogP contribution is 2.29. The monoisotopic (exact) mass is 337 g/mol. The van der Waals surface area contributed by atoms with Crippen molar-refractivity contribution < 1.29 is 27.2 Å². The SMILES string of the molecule is COCC1CN(c2ccc3c(S(=O)(=O)O)cccc3c2)C(=O)O1. The van der Waals surface area contributed by atoms with Crippen LogP contribution in [0.1, 0.15) is 0 Å². The number of ether oxygens (including phenoxy) is 2. The lowest BCUT2D eigenvalue weighted by Crippen LogP contribution is -2.25. The highest BCUT2D eigenvalue weighted by atomic mass is 32.2. The number of anilines is 1. The van der Waals surface area contributed by atoms with Gasteiger partial charge in [-0.25, -0.2) is 4.79 Å². The first kappa shape index (κ1) is 15.7. The van der Waals surface area contributed by atoms with Crippen molar-refractivity contribution >= 4 is 32.7 Å². The molecule has 1 aliphatic rings. The highest BCUT2D eigenvalue weighted by molar-refractivity contribution is 7.86. The van der Waals surface area contributed by atoms with Gasteiger partial charge in [-0.15, -0.1) is 0 Å². The lowest BCUT2D eigenvalue weighted by Gasteiger charge is -2.14. The number of methoxy groups -OCH3 is 1. The van der Waals surface area contributed by atoms with Crippen molar-refractivity contribution in [1.82, 2.24) is 0 Å². The molecular weight excluding hydrogens is 322 g/mol. The Hall–Kier alpha value is -2.16. The quantitative estimate of drug-likeness (QED) is 0.859. The summed E-state index contributed by atoms with van der Waals surface area (Å²) in [6, 6.07) is 9.43. The summed E-state index contributed by atoms with van der Waals surface area (Å²) in [4.78, 5) is 13.2. The van der Waals surface area contributed by atoms with Crippen LogP contribution >= 0.6 is 0 Å². The summed E-state index contributed by atoms with van der Waals surface area (Å²) in [7, 11) is -2.78. The smallest absolute Gasteiger partial charge is 0.414 e. The predicted molar refractivity (Wildman–Crippen MR) is 83.3 cm³/mol.